The zero-order valence-electron chi connectivity index (χ0n) is 13.0. The maximum atomic E-state index is 11.7. The van der Waals surface area contributed by atoms with Crippen LogP contribution in [0, 0.1) is 0 Å². The maximum absolute atomic E-state index is 11.7. The molecule has 4 nitrogen and oxygen atoms in total. The van der Waals surface area contributed by atoms with E-state index < -0.39 is 0 Å². The average Bonchev–Trinajstić information content (AvgIpc) is 2.61. The summed E-state index contributed by atoms with van der Waals surface area (Å²) in [4.78, 5) is 11.7. The van der Waals surface area contributed by atoms with Crippen LogP contribution in [-0.4, -0.2) is 11.5 Å². The van der Waals surface area contributed by atoms with Crippen LogP contribution < -0.4 is 10.2 Å². The van der Waals surface area contributed by atoms with Crippen molar-refractivity contribution in [3.63, 3.8) is 0 Å². The Morgan fingerprint density at radius 1 is 0.957 bits per heavy atom. The van der Waals surface area contributed by atoms with Crippen LogP contribution in [0.5, 0.6) is 5.75 Å². The number of Topliss-reactive ketones (excluding diaryl/α,β-unsaturated/α-hetero) is 1. The van der Waals surface area contributed by atoms with Gasteiger partial charge in [-0.1, -0.05) is 30.3 Å². The van der Waals surface area contributed by atoms with E-state index in [9.17, 15) is 4.79 Å². The molecule has 2 aromatic carbocycles. The number of hydrogen-bond acceptors (Lipinski definition) is 4. The third-order valence-electron chi connectivity index (χ3n) is 3.81. The Morgan fingerprint density at radius 3 is 2.43 bits per heavy atom. The van der Waals surface area contributed by atoms with Crippen LogP contribution in [-0.2, 0) is 11.4 Å². The quantitative estimate of drug-likeness (QED) is 0.843. The van der Waals surface area contributed by atoms with Gasteiger partial charge in [-0.25, -0.2) is 0 Å². The van der Waals surface area contributed by atoms with Crippen LogP contribution in [0.4, 0.5) is 5.69 Å². The highest BCUT2D eigenvalue weighted by atomic mass is 16.5. The van der Waals surface area contributed by atoms with E-state index in [-0.39, 0.29) is 5.78 Å². The highest BCUT2D eigenvalue weighted by molar-refractivity contribution is 6.40. The minimum Gasteiger partial charge on any atom is -0.489 e. The number of nitrogens with zero attached hydrogens (tertiary/aromatic N) is 1. The van der Waals surface area contributed by atoms with Gasteiger partial charge in [-0.3, -0.25) is 10.2 Å². The van der Waals surface area contributed by atoms with E-state index in [2.05, 4.69) is 10.5 Å². The van der Waals surface area contributed by atoms with Gasteiger partial charge in [-0.15, -0.1) is 0 Å². The van der Waals surface area contributed by atoms with Gasteiger partial charge in [-0.2, -0.15) is 5.10 Å². The second-order valence-electron chi connectivity index (χ2n) is 5.60. The second kappa shape index (κ2) is 7.58. The van der Waals surface area contributed by atoms with Crippen molar-refractivity contribution in [2.45, 2.75) is 32.3 Å². The standard InChI is InChI=1S/C19H20N2O2/c22-19-9-5-4-8-18(19)21-20-16-10-12-17(13-11-16)23-14-15-6-2-1-3-7-15/h1-3,6-7,10-13,20H,4-5,8-9,14H2. The van der Waals surface area contributed by atoms with Crippen molar-refractivity contribution in [1.29, 1.82) is 0 Å². The number of nitrogens with one attached hydrogen (secondary N) is 1. The van der Waals surface area contributed by atoms with Crippen molar-refractivity contribution in [3.05, 3.63) is 60.2 Å². The molecule has 118 valence electrons. The summed E-state index contributed by atoms with van der Waals surface area (Å²) < 4.78 is 5.74. The van der Waals surface area contributed by atoms with E-state index in [1.165, 1.54) is 0 Å². The van der Waals surface area contributed by atoms with Crippen molar-refractivity contribution < 1.29 is 9.53 Å². The molecule has 2 aromatic rings. The molecule has 1 aliphatic carbocycles. The Hall–Kier alpha value is -2.62. The van der Waals surface area contributed by atoms with Crippen LogP contribution in [0.25, 0.3) is 0 Å². The Morgan fingerprint density at radius 2 is 1.70 bits per heavy atom. The number of benzene rings is 2. The summed E-state index contributed by atoms with van der Waals surface area (Å²) in [7, 11) is 0. The van der Waals surface area contributed by atoms with Crippen LogP contribution in [0.1, 0.15) is 31.2 Å². The number of ether oxygens (including phenoxy) is 1. The molecule has 0 amide bonds. The molecule has 0 unspecified atom stereocenters. The molecular weight excluding hydrogens is 288 g/mol. The van der Waals surface area contributed by atoms with E-state index in [1.54, 1.807) is 0 Å². The predicted molar refractivity (Wildman–Crippen MR) is 91.7 cm³/mol. The summed E-state index contributed by atoms with van der Waals surface area (Å²) in [6, 6.07) is 17.6. The minimum atomic E-state index is 0.159. The molecule has 1 fully saturated rings. The molecule has 23 heavy (non-hydrogen) atoms. The molecule has 0 heterocycles. The van der Waals surface area contributed by atoms with E-state index in [0.717, 1.165) is 36.3 Å². The van der Waals surface area contributed by atoms with Crippen molar-refractivity contribution in [3.8, 4) is 5.75 Å². The largest absolute Gasteiger partial charge is 0.489 e. The molecule has 1 aliphatic rings. The summed E-state index contributed by atoms with van der Waals surface area (Å²) in [5.74, 6) is 0.965. The first kappa shape index (κ1) is 15.3. The fraction of sp³-hybridized carbons (Fsp3) is 0.263. The molecule has 1 saturated carbocycles. The highest BCUT2D eigenvalue weighted by Crippen LogP contribution is 2.18. The average molecular weight is 308 g/mol. The lowest BCUT2D eigenvalue weighted by atomic mass is 9.97. The number of ketones is 1. The first-order valence-electron chi connectivity index (χ1n) is 7.94. The fourth-order valence-corrected chi connectivity index (χ4v) is 2.48. The third kappa shape index (κ3) is 4.42. The summed E-state index contributed by atoms with van der Waals surface area (Å²) in [6.45, 7) is 0.546. The molecule has 0 radical (unpaired) electrons. The van der Waals surface area contributed by atoms with Crippen LogP contribution in [0.3, 0.4) is 0 Å². The maximum Gasteiger partial charge on any atom is 0.178 e. The van der Waals surface area contributed by atoms with Crippen LogP contribution in [0.15, 0.2) is 59.7 Å². The van der Waals surface area contributed by atoms with Gasteiger partial charge < -0.3 is 4.74 Å². The number of carbonyl (C=O) groups is 1. The molecule has 3 rings (SSSR count). The van der Waals surface area contributed by atoms with Gasteiger partial charge in [0.2, 0.25) is 0 Å². The van der Waals surface area contributed by atoms with E-state index >= 15 is 0 Å². The topological polar surface area (TPSA) is 50.7 Å². The highest BCUT2D eigenvalue weighted by Gasteiger charge is 2.16. The lowest BCUT2D eigenvalue weighted by Crippen LogP contribution is -2.19. The zero-order valence-corrected chi connectivity index (χ0v) is 13.0. The second-order valence-corrected chi connectivity index (χ2v) is 5.60. The molecule has 0 aromatic heterocycles. The Kier molecular flexibility index (Phi) is 5.04. The van der Waals surface area contributed by atoms with Crippen molar-refractivity contribution in [1.82, 2.24) is 0 Å². The monoisotopic (exact) mass is 308 g/mol. The number of hydrazone groups is 1. The molecule has 0 atom stereocenters. The van der Waals surface area contributed by atoms with E-state index in [0.29, 0.717) is 18.7 Å². The van der Waals surface area contributed by atoms with Gasteiger partial charge >= 0.3 is 0 Å². The SMILES string of the molecule is O=C1CCCCC1=NNc1ccc(OCc2ccccc2)cc1. The van der Waals surface area contributed by atoms with E-state index in [1.807, 2.05) is 54.6 Å². The fourth-order valence-electron chi connectivity index (χ4n) is 2.48. The lowest BCUT2D eigenvalue weighted by Gasteiger charge is -2.11. The molecule has 0 saturated heterocycles. The Labute approximate surface area is 136 Å². The van der Waals surface area contributed by atoms with Crippen molar-refractivity contribution in [2.24, 2.45) is 5.10 Å². The van der Waals surface area contributed by atoms with Gasteiger partial charge in [0.15, 0.2) is 5.78 Å². The van der Waals surface area contributed by atoms with Gasteiger partial charge in [0.05, 0.1) is 5.69 Å². The van der Waals surface area contributed by atoms with E-state index in [4.69, 9.17) is 4.74 Å². The molecule has 0 spiro atoms. The van der Waals surface area contributed by atoms with Crippen LogP contribution >= 0.6 is 0 Å². The smallest absolute Gasteiger partial charge is 0.178 e. The minimum absolute atomic E-state index is 0.159. The number of hydrogen-bond donors (Lipinski definition) is 1. The van der Waals surface area contributed by atoms with Crippen molar-refractivity contribution in [2.75, 3.05) is 5.43 Å². The Balaban J connectivity index is 1.54. The molecule has 0 bridgehead atoms. The molecule has 0 aliphatic heterocycles. The van der Waals surface area contributed by atoms with Gasteiger partial charge in [-0.05, 0) is 49.1 Å². The number of anilines is 1. The first-order chi connectivity index (χ1) is 11.3. The lowest BCUT2D eigenvalue weighted by molar-refractivity contribution is -0.113. The third-order valence-corrected chi connectivity index (χ3v) is 3.81. The number of carbonyl (C=O) groups excluding carboxylic acids is 1. The summed E-state index contributed by atoms with van der Waals surface area (Å²) in [5.41, 5.74) is 5.60. The van der Waals surface area contributed by atoms with Gasteiger partial charge in [0.25, 0.3) is 0 Å². The Bertz CT molecular complexity index is 678. The predicted octanol–water partition coefficient (Wildman–Crippen LogP) is 4.18. The summed E-state index contributed by atoms with van der Waals surface area (Å²) in [5, 5.41) is 4.23. The van der Waals surface area contributed by atoms with Gasteiger partial charge in [0, 0.05) is 6.42 Å². The summed E-state index contributed by atoms with van der Waals surface area (Å²) in [6.07, 6.45) is 3.40. The number of rotatable bonds is 5. The van der Waals surface area contributed by atoms with Crippen molar-refractivity contribution >= 4 is 17.2 Å². The van der Waals surface area contributed by atoms with Crippen LogP contribution in [0.2, 0.25) is 0 Å². The zero-order chi connectivity index (χ0) is 15.9. The molecule has 4 heteroatoms. The molecule has 1 N–H and O–H groups in total. The first-order valence-corrected chi connectivity index (χ1v) is 7.94. The molecular formula is C19H20N2O2. The summed E-state index contributed by atoms with van der Waals surface area (Å²) >= 11 is 0. The van der Waals surface area contributed by atoms with Gasteiger partial charge in [0.1, 0.15) is 18.1 Å². The normalized spacial score (nSPS) is 16.3.